The Morgan fingerprint density at radius 3 is 2.45 bits per heavy atom. The minimum Gasteiger partial charge on any atom is -0.490 e. The molecule has 2 aliphatic heterocycles. The maximum absolute atomic E-state index is 6.14. The van der Waals surface area contributed by atoms with E-state index in [1.54, 1.807) is 0 Å². The van der Waals surface area contributed by atoms with E-state index in [2.05, 4.69) is 18.0 Å². The van der Waals surface area contributed by atoms with Gasteiger partial charge >= 0.3 is 0 Å². The van der Waals surface area contributed by atoms with E-state index in [0.29, 0.717) is 12.6 Å². The molecule has 0 amide bonds. The van der Waals surface area contributed by atoms with Crippen LogP contribution in [0.25, 0.3) is 0 Å². The third-order valence-electron chi connectivity index (χ3n) is 4.49. The Hall–Kier alpha value is -0.480. The summed E-state index contributed by atoms with van der Waals surface area (Å²) in [5.74, 6) is 0.979. The topological polar surface area (TPSA) is 38.5 Å². The summed E-state index contributed by atoms with van der Waals surface area (Å²) in [5, 5.41) is 0. The Morgan fingerprint density at radius 2 is 1.85 bits per heavy atom. The van der Waals surface area contributed by atoms with Gasteiger partial charge in [-0.05, 0) is 50.4 Å². The number of benzene rings is 1. The molecule has 0 radical (unpaired) electrons. The Kier molecular flexibility index (Phi) is 6.59. The lowest BCUT2D eigenvalue weighted by Gasteiger charge is -2.36. The van der Waals surface area contributed by atoms with Gasteiger partial charge in [0.05, 0.1) is 0 Å². The third kappa shape index (κ3) is 3.59. The second kappa shape index (κ2) is 7.51. The van der Waals surface area contributed by atoms with E-state index < -0.39 is 0 Å². The van der Waals surface area contributed by atoms with Gasteiger partial charge in [0.1, 0.15) is 11.9 Å². The molecule has 5 heteroatoms. The Labute approximate surface area is 133 Å². The molecule has 2 fully saturated rings. The highest BCUT2D eigenvalue weighted by Gasteiger charge is 2.39. The van der Waals surface area contributed by atoms with Gasteiger partial charge in [0.25, 0.3) is 0 Å². The van der Waals surface area contributed by atoms with Crippen LogP contribution < -0.4 is 10.5 Å². The summed E-state index contributed by atoms with van der Waals surface area (Å²) >= 11 is 0. The van der Waals surface area contributed by atoms with Crippen molar-refractivity contribution < 1.29 is 4.74 Å². The minimum absolute atomic E-state index is 0. The van der Waals surface area contributed by atoms with Gasteiger partial charge in [0.15, 0.2) is 0 Å². The summed E-state index contributed by atoms with van der Waals surface area (Å²) in [4.78, 5) is 2.54. The van der Waals surface area contributed by atoms with Crippen molar-refractivity contribution in [3.8, 4) is 5.75 Å². The van der Waals surface area contributed by atoms with E-state index in [1.807, 2.05) is 18.2 Å². The highest BCUT2D eigenvalue weighted by atomic mass is 35.5. The van der Waals surface area contributed by atoms with E-state index in [9.17, 15) is 0 Å². The quantitative estimate of drug-likeness (QED) is 0.931. The molecule has 3 atom stereocenters. The molecule has 2 heterocycles. The van der Waals surface area contributed by atoms with Crippen LogP contribution >= 0.6 is 24.8 Å². The zero-order chi connectivity index (χ0) is 12.5. The smallest absolute Gasteiger partial charge is 0.120 e. The molecule has 0 unspecified atom stereocenters. The largest absolute Gasteiger partial charge is 0.490 e. The molecular weight excluding hydrogens is 295 g/mol. The Balaban J connectivity index is 0.000001000. The molecule has 2 bridgehead atoms. The SMILES string of the molecule is CN1[C@@H]2CC[C@H]1C[C@@H](Oc1cccc(CN)c1)C2.Cl.Cl. The zero-order valence-corrected chi connectivity index (χ0v) is 13.5. The molecule has 0 saturated carbocycles. The number of piperidine rings is 1. The summed E-state index contributed by atoms with van der Waals surface area (Å²) in [5.41, 5.74) is 6.80. The summed E-state index contributed by atoms with van der Waals surface area (Å²) in [6.45, 7) is 0.579. The normalized spacial score (nSPS) is 28.4. The first-order valence-corrected chi connectivity index (χ1v) is 6.94. The summed E-state index contributed by atoms with van der Waals surface area (Å²) in [7, 11) is 2.26. The van der Waals surface area contributed by atoms with Crippen LogP contribution in [0, 0.1) is 0 Å². The standard InChI is InChI=1S/C15H22N2O.2ClH/c1-17-12-5-6-13(17)9-15(8-12)18-14-4-2-3-11(7-14)10-16;;/h2-4,7,12-13,15H,5-6,8-10,16H2,1H3;2*1H/t12-,13+,15+;;. The Bertz CT molecular complexity index is 416. The maximum atomic E-state index is 6.14. The van der Waals surface area contributed by atoms with E-state index >= 15 is 0 Å². The van der Waals surface area contributed by atoms with E-state index in [1.165, 1.54) is 25.7 Å². The fourth-order valence-electron chi connectivity index (χ4n) is 3.40. The molecule has 0 aromatic heterocycles. The number of hydrogen-bond acceptors (Lipinski definition) is 3. The average molecular weight is 319 g/mol. The number of nitrogens with two attached hydrogens (primary N) is 1. The first-order chi connectivity index (χ1) is 8.76. The van der Waals surface area contributed by atoms with Gasteiger partial charge in [0.2, 0.25) is 0 Å². The molecule has 2 aliphatic rings. The van der Waals surface area contributed by atoms with Crippen molar-refractivity contribution in [1.29, 1.82) is 0 Å². The maximum Gasteiger partial charge on any atom is 0.120 e. The highest BCUT2D eigenvalue weighted by molar-refractivity contribution is 5.85. The molecule has 0 aliphatic carbocycles. The molecule has 1 aromatic rings. The van der Waals surface area contributed by atoms with Crippen LogP contribution in [0.2, 0.25) is 0 Å². The van der Waals surface area contributed by atoms with Crippen LogP contribution in [0.5, 0.6) is 5.75 Å². The lowest BCUT2D eigenvalue weighted by atomic mass is 10.0. The number of hydrogen-bond donors (Lipinski definition) is 1. The lowest BCUT2D eigenvalue weighted by Crippen LogP contribution is -2.43. The molecule has 2 saturated heterocycles. The molecular formula is C15H24Cl2N2O. The van der Waals surface area contributed by atoms with Crippen molar-refractivity contribution in [3.05, 3.63) is 29.8 Å². The van der Waals surface area contributed by atoms with Crippen LogP contribution in [-0.4, -0.2) is 30.1 Å². The number of halogens is 2. The first kappa shape index (κ1) is 17.6. The van der Waals surface area contributed by atoms with Gasteiger partial charge in [-0.25, -0.2) is 0 Å². The predicted octanol–water partition coefficient (Wildman–Crippen LogP) is 2.99. The third-order valence-corrected chi connectivity index (χ3v) is 4.49. The average Bonchev–Trinajstić information content (AvgIpc) is 2.62. The predicted molar refractivity (Wildman–Crippen MR) is 87.1 cm³/mol. The van der Waals surface area contributed by atoms with Crippen molar-refractivity contribution in [3.63, 3.8) is 0 Å². The van der Waals surface area contributed by atoms with Gasteiger partial charge in [-0.3, -0.25) is 0 Å². The number of nitrogens with zero attached hydrogens (tertiary/aromatic N) is 1. The van der Waals surface area contributed by atoms with Gasteiger partial charge < -0.3 is 15.4 Å². The van der Waals surface area contributed by atoms with Crippen LogP contribution in [-0.2, 0) is 6.54 Å². The van der Waals surface area contributed by atoms with Crippen LogP contribution in [0.4, 0.5) is 0 Å². The summed E-state index contributed by atoms with van der Waals surface area (Å²) in [6.07, 6.45) is 5.39. The van der Waals surface area contributed by atoms with Crippen LogP contribution in [0.15, 0.2) is 24.3 Å². The number of fused-ring (bicyclic) bond motifs is 2. The van der Waals surface area contributed by atoms with Crippen molar-refractivity contribution in [2.24, 2.45) is 5.73 Å². The molecule has 114 valence electrons. The molecule has 3 rings (SSSR count). The van der Waals surface area contributed by atoms with Gasteiger partial charge in [-0.15, -0.1) is 24.8 Å². The molecule has 2 N–H and O–H groups in total. The molecule has 20 heavy (non-hydrogen) atoms. The van der Waals surface area contributed by atoms with Crippen LogP contribution in [0.1, 0.15) is 31.2 Å². The van der Waals surface area contributed by atoms with Crippen molar-refractivity contribution in [1.82, 2.24) is 4.90 Å². The second-order valence-electron chi connectivity index (χ2n) is 5.61. The number of rotatable bonds is 3. The summed E-state index contributed by atoms with van der Waals surface area (Å²) in [6, 6.07) is 9.64. The van der Waals surface area contributed by atoms with Gasteiger partial charge in [-0.2, -0.15) is 0 Å². The van der Waals surface area contributed by atoms with Gasteiger partial charge in [0, 0.05) is 18.6 Å². The fourth-order valence-corrected chi connectivity index (χ4v) is 3.40. The van der Waals surface area contributed by atoms with E-state index in [-0.39, 0.29) is 24.8 Å². The van der Waals surface area contributed by atoms with Gasteiger partial charge in [-0.1, -0.05) is 12.1 Å². The molecule has 0 spiro atoms. The van der Waals surface area contributed by atoms with Crippen molar-refractivity contribution in [2.45, 2.75) is 50.4 Å². The second-order valence-corrected chi connectivity index (χ2v) is 5.61. The zero-order valence-electron chi connectivity index (χ0n) is 11.8. The lowest BCUT2D eigenvalue weighted by molar-refractivity contribution is 0.0661. The van der Waals surface area contributed by atoms with Crippen LogP contribution in [0.3, 0.4) is 0 Å². The monoisotopic (exact) mass is 318 g/mol. The molecule has 1 aromatic carbocycles. The molecule has 3 nitrogen and oxygen atoms in total. The van der Waals surface area contributed by atoms with Crippen molar-refractivity contribution >= 4 is 24.8 Å². The first-order valence-electron chi connectivity index (χ1n) is 6.94. The van der Waals surface area contributed by atoms with E-state index in [0.717, 1.165) is 23.4 Å². The highest BCUT2D eigenvalue weighted by Crippen LogP contribution is 2.35. The fraction of sp³-hybridized carbons (Fsp3) is 0.600. The number of ether oxygens (including phenoxy) is 1. The minimum atomic E-state index is 0. The van der Waals surface area contributed by atoms with Crippen molar-refractivity contribution in [2.75, 3.05) is 7.05 Å². The summed E-state index contributed by atoms with van der Waals surface area (Å²) < 4.78 is 6.14. The van der Waals surface area contributed by atoms with E-state index in [4.69, 9.17) is 10.5 Å². The Morgan fingerprint density at radius 1 is 1.20 bits per heavy atom.